The van der Waals surface area contributed by atoms with Gasteiger partial charge in [0.25, 0.3) is 0 Å². The molecule has 2 aromatic heterocycles. The second kappa shape index (κ2) is 5.11. The predicted molar refractivity (Wildman–Crippen MR) is 62.4 cm³/mol. The Morgan fingerprint density at radius 1 is 1.29 bits per heavy atom. The van der Waals surface area contributed by atoms with Gasteiger partial charge in [-0.3, -0.25) is 0 Å². The number of halogens is 1. The highest BCUT2D eigenvalue weighted by atomic mass is 35.5. The van der Waals surface area contributed by atoms with Crippen LogP contribution in [0.15, 0.2) is 40.9 Å². The van der Waals surface area contributed by atoms with Crippen LogP contribution in [0.1, 0.15) is 10.4 Å². The SMILES string of the molecule is O=C(O)c1ccnc(Sc2ccncn2)c1Cl. The molecule has 0 aromatic carbocycles. The van der Waals surface area contributed by atoms with Gasteiger partial charge in [-0.15, -0.1) is 0 Å². The number of aromatic nitrogens is 3. The normalized spacial score (nSPS) is 10.2. The molecule has 2 heterocycles. The maximum atomic E-state index is 10.9. The van der Waals surface area contributed by atoms with Gasteiger partial charge >= 0.3 is 5.97 Å². The van der Waals surface area contributed by atoms with Gasteiger partial charge in [-0.05, 0) is 23.9 Å². The highest BCUT2D eigenvalue weighted by molar-refractivity contribution is 7.99. The second-order valence-electron chi connectivity index (χ2n) is 2.93. The lowest BCUT2D eigenvalue weighted by Crippen LogP contribution is -1.99. The number of nitrogens with zero attached hydrogens (tertiary/aromatic N) is 3. The second-order valence-corrected chi connectivity index (χ2v) is 4.32. The first-order chi connectivity index (χ1) is 8.18. The van der Waals surface area contributed by atoms with E-state index in [-0.39, 0.29) is 10.6 Å². The van der Waals surface area contributed by atoms with Crippen LogP contribution >= 0.6 is 23.4 Å². The molecule has 2 aromatic rings. The summed E-state index contributed by atoms with van der Waals surface area (Å²) in [5.74, 6) is -1.08. The van der Waals surface area contributed by atoms with Gasteiger partial charge in [0, 0.05) is 12.4 Å². The number of carbonyl (C=O) groups is 1. The lowest BCUT2D eigenvalue weighted by atomic mass is 10.3. The van der Waals surface area contributed by atoms with Crippen LogP contribution in [0.2, 0.25) is 5.02 Å². The number of carboxylic acid groups (broad SMARTS) is 1. The van der Waals surface area contributed by atoms with Crippen molar-refractivity contribution in [3.8, 4) is 0 Å². The minimum absolute atomic E-state index is 0.0261. The van der Waals surface area contributed by atoms with E-state index in [9.17, 15) is 4.79 Å². The number of rotatable bonds is 3. The van der Waals surface area contributed by atoms with E-state index < -0.39 is 5.97 Å². The van der Waals surface area contributed by atoms with Crippen molar-refractivity contribution in [3.63, 3.8) is 0 Å². The quantitative estimate of drug-likeness (QED) is 0.861. The molecule has 0 fully saturated rings. The summed E-state index contributed by atoms with van der Waals surface area (Å²) in [6, 6.07) is 3.05. The Bertz CT molecular complexity index is 551. The zero-order chi connectivity index (χ0) is 12.3. The van der Waals surface area contributed by atoms with Gasteiger partial charge in [-0.2, -0.15) is 0 Å². The molecule has 0 saturated carbocycles. The van der Waals surface area contributed by atoms with Gasteiger partial charge < -0.3 is 5.11 Å². The van der Waals surface area contributed by atoms with Crippen LogP contribution in [0.5, 0.6) is 0 Å². The monoisotopic (exact) mass is 267 g/mol. The lowest BCUT2D eigenvalue weighted by Gasteiger charge is -2.04. The molecule has 1 N–H and O–H groups in total. The maximum absolute atomic E-state index is 10.9. The van der Waals surface area contributed by atoms with Gasteiger partial charge in [0.05, 0.1) is 10.6 Å². The predicted octanol–water partition coefficient (Wildman–Crippen LogP) is 2.37. The molecular weight excluding hydrogens is 262 g/mol. The molecule has 17 heavy (non-hydrogen) atoms. The molecule has 0 aliphatic carbocycles. The Morgan fingerprint density at radius 3 is 2.76 bits per heavy atom. The average Bonchev–Trinajstić information content (AvgIpc) is 2.33. The van der Waals surface area contributed by atoms with Crippen molar-refractivity contribution in [2.45, 2.75) is 10.1 Å². The summed E-state index contributed by atoms with van der Waals surface area (Å²) in [4.78, 5) is 22.7. The van der Waals surface area contributed by atoms with Crippen molar-refractivity contribution in [1.82, 2.24) is 15.0 Å². The zero-order valence-electron chi connectivity index (χ0n) is 8.37. The van der Waals surface area contributed by atoms with E-state index in [2.05, 4.69) is 15.0 Å². The Morgan fingerprint density at radius 2 is 2.12 bits per heavy atom. The third-order valence-electron chi connectivity index (χ3n) is 1.84. The van der Waals surface area contributed by atoms with Crippen LogP contribution in [-0.2, 0) is 0 Å². The third-order valence-corrected chi connectivity index (χ3v) is 3.29. The Hall–Kier alpha value is -1.66. The fourth-order valence-electron chi connectivity index (χ4n) is 1.10. The molecular formula is C10H6ClN3O2S. The number of aromatic carboxylic acids is 1. The Kier molecular flexibility index (Phi) is 3.55. The summed E-state index contributed by atoms with van der Waals surface area (Å²) in [5.41, 5.74) is 0.0261. The molecule has 5 nitrogen and oxygen atoms in total. The molecule has 0 aliphatic rings. The fourth-order valence-corrected chi connectivity index (χ4v) is 2.15. The minimum Gasteiger partial charge on any atom is -0.478 e. The van der Waals surface area contributed by atoms with Gasteiger partial charge in [0.2, 0.25) is 0 Å². The summed E-state index contributed by atoms with van der Waals surface area (Å²) in [6.07, 6.45) is 4.39. The first-order valence-corrected chi connectivity index (χ1v) is 5.69. The molecule has 0 unspecified atom stereocenters. The van der Waals surface area contributed by atoms with Crippen molar-refractivity contribution in [1.29, 1.82) is 0 Å². The smallest absolute Gasteiger partial charge is 0.337 e. The van der Waals surface area contributed by atoms with Crippen LogP contribution < -0.4 is 0 Å². The van der Waals surface area contributed by atoms with E-state index in [1.807, 2.05) is 0 Å². The highest BCUT2D eigenvalue weighted by Gasteiger charge is 2.14. The number of carboxylic acids is 1. The van der Waals surface area contributed by atoms with Crippen molar-refractivity contribution >= 4 is 29.3 Å². The van der Waals surface area contributed by atoms with Crippen molar-refractivity contribution < 1.29 is 9.90 Å². The highest BCUT2D eigenvalue weighted by Crippen LogP contribution is 2.31. The van der Waals surface area contributed by atoms with Gasteiger partial charge in [-0.1, -0.05) is 11.6 Å². The zero-order valence-corrected chi connectivity index (χ0v) is 9.94. The molecule has 0 radical (unpaired) electrons. The summed E-state index contributed by atoms with van der Waals surface area (Å²) in [6.45, 7) is 0. The summed E-state index contributed by atoms with van der Waals surface area (Å²) in [7, 11) is 0. The van der Waals surface area contributed by atoms with Gasteiger partial charge in [0.1, 0.15) is 16.4 Å². The topological polar surface area (TPSA) is 76.0 Å². The third kappa shape index (κ3) is 2.72. The van der Waals surface area contributed by atoms with E-state index in [0.29, 0.717) is 10.1 Å². The van der Waals surface area contributed by atoms with Crippen molar-refractivity contribution in [2.24, 2.45) is 0 Å². The molecule has 0 saturated heterocycles. The summed E-state index contributed by atoms with van der Waals surface area (Å²) in [5, 5.41) is 10.1. The maximum Gasteiger partial charge on any atom is 0.337 e. The molecule has 0 amide bonds. The summed E-state index contributed by atoms with van der Waals surface area (Å²) < 4.78 is 0. The first kappa shape index (κ1) is 11.8. The van der Waals surface area contributed by atoms with Crippen LogP contribution in [0.4, 0.5) is 0 Å². The molecule has 86 valence electrons. The van der Waals surface area contributed by atoms with E-state index in [1.165, 1.54) is 30.4 Å². The molecule has 0 aliphatic heterocycles. The molecule has 0 spiro atoms. The Balaban J connectivity index is 2.34. The number of hydrogen-bond donors (Lipinski definition) is 1. The van der Waals surface area contributed by atoms with Crippen LogP contribution in [0.25, 0.3) is 0 Å². The van der Waals surface area contributed by atoms with E-state index in [4.69, 9.17) is 16.7 Å². The van der Waals surface area contributed by atoms with Gasteiger partial charge in [-0.25, -0.2) is 19.7 Å². The van der Waals surface area contributed by atoms with E-state index in [1.54, 1.807) is 12.3 Å². The molecule has 7 heteroatoms. The number of pyridine rings is 1. The lowest BCUT2D eigenvalue weighted by molar-refractivity contribution is 0.0696. The largest absolute Gasteiger partial charge is 0.478 e. The summed E-state index contributed by atoms with van der Waals surface area (Å²) >= 11 is 7.13. The minimum atomic E-state index is -1.08. The molecule has 0 bridgehead atoms. The van der Waals surface area contributed by atoms with Crippen molar-refractivity contribution in [3.05, 3.63) is 41.4 Å². The molecule has 0 atom stereocenters. The van der Waals surface area contributed by atoms with Crippen molar-refractivity contribution in [2.75, 3.05) is 0 Å². The standard InChI is InChI=1S/C10H6ClN3O2S/c11-8-6(10(15)16)1-4-13-9(8)17-7-2-3-12-5-14-7/h1-5H,(H,15,16). The average molecular weight is 268 g/mol. The number of hydrogen-bond acceptors (Lipinski definition) is 5. The van der Waals surface area contributed by atoms with Crippen LogP contribution in [0.3, 0.4) is 0 Å². The van der Waals surface area contributed by atoms with Crippen LogP contribution in [0, 0.1) is 0 Å². The Labute approximate surface area is 106 Å². The van der Waals surface area contributed by atoms with Gasteiger partial charge in [0.15, 0.2) is 0 Å². The van der Waals surface area contributed by atoms with Crippen LogP contribution in [-0.4, -0.2) is 26.0 Å². The van der Waals surface area contributed by atoms with E-state index >= 15 is 0 Å². The van der Waals surface area contributed by atoms with E-state index in [0.717, 1.165) is 0 Å². The molecule has 2 rings (SSSR count). The first-order valence-electron chi connectivity index (χ1n) is 4.50. The fraction of sp³-hybridized carbons (Fsp3) is 0.